The van der Waals surface area contributed by atoms with Crippen LogP contribution in [0.2, 0.25) is 0 Å². The van der Waals surface area contributed by atoms with Crippen LogP contribution in [0.1, 0.15) is 188 Å². The van der Waals surface area contributed by atoms with Crippen LogP contribution in [0.4, 0.5) is 0 Å². The van der Waals surface area contributed by atoms with E-state index >= 15 is 0 Å². The van der Waals surface area contributed by atoms with Gasteiger partial charge < -0.3 is 89.4 Å². The number of ether oxygens (including phenoxy) is 3. The summed E-state index contributed by atoms with van der Waals surface area (Å²) in [4.78, 5) is 123. The standard InChI is InChI=1S/C24H23N2O3.C23H21N2O4.C17H17N2O3.C16H15N2O3.HI.Li.4H2O.4Rb/c1-14-12-18-11-10-15(2)25-21(18)22-19(14)16(3)20(24(28)29-4)23(27)26(22)13-17-8-6-5-7-9-17;1-13-11-16-10-9-14(2)24-19(16)20-17(13)21(26)18(23(28)29-3)22(27)25(20)12-15-7-5-4-6-8-15;1-8-7-11-6-5-9(2)18-14(11)15-12(8)10(3)13(16(20)19-15)17(21)22-4;1-7-6-10-5-4-8(2)17-13(10)14-11(7)9(3)12(16(20)21)15(19)18-14;;;;;;;;;;/h5-9,11,14H,12-13H2,1-4H3;4-8,10,13,26H,11-12H2,1-3H3;6,8H,7H2,1-4H3,(H,19,20);5,7H,6H2,1-3H3,(H,18,19)(H,20,21);1H;;4*1H2;;;;/q4*-1;;+1;;;;;4*+1/p-5. The number of rotatable bonds is 8. The molecule has 0 saturated carbocycles. The normalized spacial score (nSPS) is 14.0. The number of nitrogens with zero attached hydrogens (tertiary/aromatic N) is 6. The average Bonchev–Trinajstić information content (AvgIpc) is 0.741. The first-order valence-electron chi connectivity index (χ1n) is 33.1. The van der Waals surface area contributed by atoms with Crippen molar-refractivity contribution < 1.29 is 341 Å². The number of pyridine rings is 8. The Labute approximate surface area is 867 Å². The van der Waals surface area contributed by atoms with Crippen LogP contribution in [0.5, 0.6) is 5.75 Å². The van der Waals surface area contributed by atoms with Gasteiger partial charge in [-0.1, -0.05) is 137 Å². The minimum atomic E-state index is -1.19. The van der Waals surface area contributed by atoms with Crippen molar-refractivity contribution in [3.8, 4) is 51.3 Å². The Hall–Kier alpha value is -3.09. The summed E-state index contributed by atoms with van der Waals surface area (Å²) in [6.45, 7) is 21.6. The molecule has 0 amide bonds. The molecule has 0 fully saturated rings. The predicted octanol–water partition coefficient (Wildman–Crippen LogP) is -7.13. The third kappa shape index (κ3) is 22.1. The summed E-state index contributed by atoms with van der Waals surface area (Å²) in [5, 5.41) is 20.2. The van der Waals surface area contributed by atoms with Crippen LogP contribution in [-0.2, 0) is 53.0 Å². The van der Waals surface area contributed by atoms with Gasteiger partial charge in [0.15, 0.2) is 5.56 Å². The smallest absolute Gasteiger partial charge is 1.00 e. The number of carbonyl (C=O) groups excluding carboxylic acids is 3. The maximum Gasteiger partial charge on any atom is 1.00 e. The number of hydrogen-bond acceptors (Lipinski definition) is 20. The van der Waals surface area contributed by atoms with Crippen LogP contribution in [0, 0.1) is 72.7 Å². The number of hydrogen-bond donors (Lipinski definition) is 4. The third-order valence-electron chi connectivity index (χ3n) is 19.2. The zero-order chi connectivity index (χ0) is 72.7. The van der Waals surface area contributed by atoms with Crippen LogP contribution in [-0.4, -0.2) is 116 Å². The van der Waals surface area contributed by atoms with Gasteiger partial charge in [-0.15, -0.1) is 0 Å². The number of carboxylic acid groups (broad SMARTS) is 1. The van der Waals surface area contributed by atoms with Crippen molar-refractivity contribution in [2.75, 3.05) is 21.3 Å². The van der Waals surface area contributed by atoms with Crippen molar-refractivity contribution in [2.24, 2.45) is 0 Å². The van der Waals surface area contributed by atoms with Crippen LogP contribution in [0.3, 0.4) is 0 Å². The van der Waals surface area contributed by atoms with Crippen molar-refractivity contribution in [2.45, 2.75) is 139 Å². The van der Waals surface area contributed by atoms with E-state index in [-0.39, 0.29) is 361 Å². The fourth-order valence-corrected chi connectivity index (χ4v) is 14.6. The van der Waals surface area contributed by atoms with E-state index in [0.717, 1.165) is 109 Å². The molecule has 8 N–H and O–H groups in total. The van der Waals surface area contributed by atoms with Gasteiger partial charge in [-0.3, -0.25) is 39.1 Å². The number of aromatic nitrogens is 8. The molecule has 111 heavy (non-hydrogen) atoms. The molecule has 10 aromatic rings. The minimum absolute atomic E-state index is 0. The second-order valence-electron chi connectivity index (χ2n) is 26.1. The van der Waals surface area contributed by atoms with Gasteiger partial charge >= 0.3 is 275 Å². The molecule has 4 aliphatic rings. The van der Waals surface area contributed by atoms with Crippen molar-refractivity contribution >= 4 is 23.9 Å². The molecule has 4 aliphatic carbocycles. The molecule has 0 radical (unpaired) electrons. The maximum atomic E-state index is 13.5. The summed E-state index contributed by atoms with van der Waals surface area (Å²) in [6, 6.07) is 39.4. The molecular weight excluding hydrogens is 1820 g/mol. The summed E-state index contributed by atoms with van der Waals surface area (Å²) in [5.41, 5.74) is 17.7. The molecule has 4 atom stereocenters. The molecule has 4 unspecified atom stereocenters. The molecule has 25 nitrogen and oxygen atoms in total. The zero-order valence-corrected chi connectivity index (χ0v) is 87.7. The Balaban J connectivity index is 0.000000725. The molecule has 8 aromatic heterocycles. The third-order valence-corrected chi connectivity index (χ3v) is 19.2. The number of nitrogens with one attached hydrogen (secondary N) is 2. The van der Waals surface area contributed by atoms with Crippen molar-refractivity contribution in [3.63, 3.8) is 0 Å². The minimum Gasteiger partial charge on any atom is -1.00 e. The molecule has 8 heterocycles. The maximum absolute atomic E-state index is 13.5. The Morgan fingerprint density at radius 2 is 0.739 bits per heavy atom. The van der Waals surface area contributed by atoms with Crippen molar-refractivity contribution in [3.05, 3.63) is 268 Å². The SMILES string of the molecule is COC(=O)c1c(C)c2c([nH]c1=O)-c1nc(C)[c-]cc1CC2C.COC(=O)c1c(C)c2c(n(Cc3ccccc3)c1=O)-c1nc(C)[c-]cc1CC2C.COC(=O)c1c(O)c2c(n(Cc3ccccc3)c1=O)-c1nc(C)[c-]cc1CC2C.Cc1[c-]cc2c(n1)-c1[nH]c(=O)c(C(=O)O)c(C)c1C(C)C2.[I-].[Li+].[OH-].[OH-].[OH-].[OH-].[Rb+].[Rb+].[Rb+].[Rb+]. The van der Waals surface area contributed by atoms with E-state index in [0.29, 0.717) is 63.7 Å². The number of fused-ring (bicyclic) bond motifs is 12. The molecule has 0 saturated heterocycles. The average molecular weight is 1900 g/mol. The Bertz CT molecular complexity index is 5150. The fourth-order valence-electron chi connectivity index (χ4n) is 14.6. The molecule has 558 valence electrons. The van der Waals surface area contributed by atoms with Crippen LogP contribution < -0.4 is 298 Å². The molecular formula is C80H80ILiN8O17Rb4-4. The van der Waals surface area contributed by atoms with Gasteiger partial charge in [-0.25, -0.2) is 67.7 Å². The van der Waals surface area contributed by atoms with E-state index in [1.165, 1.54) is 25.9 Å². The number of carbonyl (C=O) groups is 4. The summed E-state index contributed by atoms with van der Waals surface area (Å²) >= 11 is 0. The van der Waals surface area contributed by atoms with E-state index < -0.39 is 40.6 Å². The second-order valence-corrected chi connectivity index (χ2v) is 26.1. The van der Waals surface area contributed by atoms with Crippen LogP contribution in [0.15, 0.2) is 104 Å². The molecule has 14 rings (SSSR count). The molecule has 31 heteroatoms. The fraction of sp³-hybridized carbons (Fsp3) is 0.300. The number of esters is 3. The van der Waals surface area contributed by atoms with Gasteiger partial charge in [0.05, 0.1) is 57.2 Å². The quantitative estimate of drug-likeness (QED) is 0.0361. The summed E-state index contributed by atoms with van der Waals surface area (Å²) < 4.78 is 17.7. The second kappa shape index (κ2) is 45.7. The van der Waals surface area contributed by atoms with Crippen LogP contribution in [0.25, 0.3) is 45.6 Å². The first-order chi connectivity index (χ1) is 48.2. The van der Waals surface area contributed by atoms with Crippen molar-refractivity contribution in [1.82, 2.24) is 39.0 Å². The number of aryl methyl sites for hydroxylation is 4. The number of aromatic carboxylic acids is 1. The zero-order valence-electron chi connectivity index (χ0n) is 65.9. The topological polar surface area (TPSA) is 418 Å². The number of carboxylic acids is 1. The van der Waals surface area contributed by atoms with E-state index in [9.17, 15) is 48.6 Å². The van der Waals surface area contributed by atoms with E-state index in [4.69, 9.17) is 19.2 Å². The molecule has 0 bridgehead atoms. The van der Waals surface area contributed by atoms with Crippen molar-refractivity contribution in [1.29, 1.82) is 0 Å². The number of benzene rings is 2. The largest absolute Gasteiger partial charge is 1.00 e. The molecule has 0 spiro atoms. The Morgan fingerprint density at radius 3 is 1.11 bits per heavy atom. The molecule has 2 aromatic carbocycles. The van der Waals surface area contributed by atoms with Gasteiger partial charge in [0.2, 0.25) is 0 Å². The molecule has 0 aliphatic heterocycles. The summed E-state index contributed by atoms with van der Waals surface area (Å²) in [5.74, 6) is -3.22. The van der Waals surface area contributed by atoms with Gasteiger partial charge in [0, 0.05) is 28.3 Å². The summed E-state index contributed by atoms with van der Waals surface area (Å²) in [7, 11) is 3.78. The first kappa shape index (κ1) is 106. The van der Waals surface area contributed by atoms with E-state index in [2.05, 4.69) is 63.0 Å². The first-order valence-corrected chi connectivity index (χ1v) is 33.1. The Kier molecular flexibility index (Phi) is 43.6. The monoisotopic (exact) mass is 1900 g/mol. The number of aromatic hydroxyl groups is 1. The van der Waals surface area contributed by atoms with Gasteiger partial charge in [-0.05, 0) is 117 Å². The number of H-pyrrole nitrogens is 2. The number of methoxy groups -OCH3 is 3. The predicted molar refractivity (Wildman–Crippen MR) is 387 cm³/mol. The Morgan fingerprint density at radius 1 is 0.450 bits per heavy atom. The van der Waals surface area contributed by atoms with E-state index in [1.54, 1.807) is 18.4 Å². The van der Waals surface area contributed by atoms with Gasteiger partial charge in [-0.2, -0.15) is 22.3 Å². The number of aromatic amines is 2. The van der Waals surface area contributed by atoms with Gasteiger partial charge in [0.25, 0.3) is 22.2 Å². The summed E-state index contributed by atoms with van der Waals surface area (Å²) in [6.07, 6.45) is 2.98. The van der Waals surface area contributed by atoms with E-state index in [1.807, 2.05) is 133 Å². The van der Waals surface area contributed by atoms with Gasteiger partial charge in [0.1, 0.15) is 22.4 Å². The van der Waals surface area contributed by atoms with Crippen LogP contribution >= 0.6 is 0 Å². The number of halogens is 1.